The van der Waals surface area contributed by atoms with Crippen LogP contribution in [0.1, 0.15) is 32.8 Å². The van der Waals surface area contributed by atoms with Crippen LogP contribution in [0.2, 0.25) is 0 Å². The van der Waals surface area contributed by atoms with Crippen LogP contribution in [-0.4, -0.2) is 52.2 Å². The molecule has 2 amide bonds. The number of aliphatic hydroxyl groups excluding tert-OH is 1. The molecule has 0 aromatic heterocycles. The fraction of sp³-hybridized carbons (Fsp3) is 0.526. The molecule has 8 heteroatoms. The molecule has 1 aromatic carbocycles. The summed E-state index contributed by atoms with van der Waals surface area (Å²) in [7, 11) is 0. The van der Waals surface area contributed by atoms with Gasteiger partial charge in [0.2, 0.25) is 11.8 Å². The number of benzene rings is 1. The van der Waals surface area contributed by atoms with E-state index in [1.54, 1.807) is 30.3 Å². The second-order valence-corrected chi connectivity index (χ2v) is 6.73. The molecule has 8 nitrogen and oxygen atoms in total. The number of hydrogen-bond donors (Lipinski definition) is 5. The van der Waals surface area contributed by atoms with Crippen molar-refractivity contribution in [3.05, 3.63) is 35.9 Å². The zero-order chi connectivity index (χ0) is 20.6. The van der Waals surface area contributed by atoms with Gasteiger partial charge in [-0.2, -0.15) is 0 Å². The van der Waals surface area contributed by atoms with E-state index in [0.29, 0.717) is 6.42 Å². The van der Waals surface area contributed by atoms with Gasteiger partial charge >= 0.3 is 5.97 Å². The molecule has 0 bridgehead atoms. The molecule has 1 aromatic rings. The van der Waals surface area contributed by atoms with Crippen molar-refractivity contribution in [1.82, 2.24) is 10.6 Å². The molecule has 1 rings (SSSR count). The van der Waals surface area contributed by atoms with Crippen molar-refractivity contribution in [2.24, 2.45) is 11.7 Å². The Morgan fingerprint density at radius 3 is 2.15 bits per heavy atom. The Balaban J connectivity index is 2.83. The minimum atomic E-state index is -1.30. The quantitative estimate of drug-likeness (QED) is 0.388. The smallest absolute Gasteiger partial charge is 0.326 e. The van der Waals surface area contributed by atoms with Crippen molar-refractivity contribution in [2.45, 2.75) is 57.8 Å². The Kier molecular flexibility index (Phi) is 8.90. The first-order chi connectivity index (χ1) is 12.7. The van der Waals surface area contributed by atoms with E-state index in [1.165, 1.54) is 6.92 Å². The first kappa shape index (κ1) is 22.6. The predicted octanol–water partition coefficient (Wildman–Crippen LogP) is 0.0375. The van der Waals surface area contributed by atoms with Crippen molar-refractivity contribution >= 4 is 17.8 Å². The molecule has 0 fully saturated rings. The van der Waals surface area contributed by atoms with Gasteiger partial charge in [0.15, 0.2) is 0 Å². The molecule has 0 aliphatic heterocycles. The lowest BCUT2D eigenvalue weighted by Crippen LogP contribution is -2.59. The highest BCUT2D eigenvalue weighted by atomic mass is 16.4. The molecule has 27 heavy (non-hydrogen) atoms. The number of carbonyl (C=O) groups excluding carboxylic acids is 2. The summed E-state index contributed by atoms with van der Waals surface area (Å²) in [6.45, 7) is 5.03. The highest BCUT2D eigenvalue weighted by Gasteiger charge is 2.31. The van der Waals surface area contributed by atoms with Gasteiger partial charge in [0.25, 0.3) is 0 Å². The SMILES string of the molecule is CCC(C)C(N)C(=O)NC(C(=O)NC(Cc1ccccc1)C(=O)O)C(C)O. The first-order valence-electron chi connectivity index (χ1n) is 8.98. The number of nitrogens with one attached hydrogen (secondary N) is 2. The van der Waals surface area contributed by atoms with E-state index in [4.69, 9.17) is 5.73 Å². The third kappa shape index (κ3) is 6.99. The van der Waals surface area contributed by atoms with Crippen molar-refractivity contribution in [3.8, 4) is 0 Å². The van der Waals surface area contributed by atoms with Crippen LogP contribution in [0.4, 0.5) is 0 Å². The monoisotopic (exact) mass is 379 g/mol. The summed E-state index contributed by atoms with van der Waals surface area (Å²) in [5.74, 6) is -2.66. The minimum Gasteiger partial charge on any atom is -0.480 e. The van der Waals surface area contributed by atoms with E-state index in [-0.39, 0.29) is 12.3 Å². The maximum absolute atomic E-state index is 12.5. The fourth-order valence-corrected chi connectivity index (χ4v) is 2.48. The van der Waals surface area contributed by atoms with Crippen molar-refractivity contribution < 1.29 is 24.6 Å². The number of amides is 2. The number of aliphatic carboxylic acids is 1. The van der Waals surface area contributed by atoms with Crippen LogP contribution in [0, 0.1) is 5.92 Å². The first-order valence-corrected chi connectivity index (χ1v) is 8.98. The number of nitrogens with two attached hydrogens (primary N) is 1. The van der Waals surface area contributed by atoms with Crippen LogP contribution in [-0.2, 0) is 20.8 Å². The average molecular weight is 379 g/mol. The van der Waals surface area contributed by atoms with Crippen LogP contribution in [0.3, 0.4) is 0 Å². The Morgan fingerprint density at radius 1 is 1.07 bits per heavy atom. The number of carboxylic acids is 1. The summed E-state index contributed by atoms with van der Waals surface area (Å²) in [6.07, 6.45) is -0.461. The van der Waals surface area contributed by atoms with E-state index in [1.807, 2.05) is 13.8 Å². The largest absolute Gasteiger partial charge is 0.480 e. The highest BCUT2D eigenvalue weighted by Crippen LogP contribution is 2.07. The molecule has 0 radical (unpaired) electrons. The molecule has 0 aliphatic rings. The van der Waals surface area contributed by atoms with Gasteiger partial charge in [-0.15, -0.1) is 0 Å². The number of aliphatic hydroxyl groups is 1. The zero-order valence-corrected chi connectivity index (χ0v) is 15.9. The maximum Gasteiger partial charge on any atom is 0.326 e. The van der Waals surface area contributed by atoms with Crippen LogP contribution < -0.4 is 16.4 Å². The number of carbonyl (C=O) groups is 3. The molecule has 5 atom stereocenters. The molecule has 150 valence electrons. The molecule has 0 saturated carbocycles. The van der Waals surface area contributed by atoms with Gasteiger partial charge in [0.1, 0.15) is 12.1 Å². The lowest BCUT2D eigenvalue weighted by atomic mass is 9.98. The van der Waals surface area contributed by atoms with Crippen LogP contribution >= 0.6 is 0 Å². The minimum absolute atomic E-state index is 0.0781. The van der Waals surface area contributed by atoms with Crippen molar-refractivity contribution in [2.75, 3.05) is 0 Å². The summed E-state index contributed by atoms with van der Waals surface area (Å²) < 4.78 is 0. The van der Waals surface area contributed by atoms with E-state index in [0.717, 1.165) is 5.56 Å². The molecule has 0 heterocycles. The van der Waals surface area contributed by atoms with Gasteiger partial charge in [-0.25, -0.2) is 4.79 Å². The van der Waals surface area contributed by atoms with Crippen LogP contribution in [0.25, 0.3) is 0 Å². The molecular formula is C19H29N3O5. The Labute approximate surface area is 159 Å². The molecule has 5 unspecified atom stereocenters. The third-order valence-electron chi connectivity index (χ3n) is 4.52. The van der Waals surface area contributed by atoms with E-state index in [9.17, 15) is 24.6 Å². The van der Waals surface area contributed by atoms with E-state index in [2.05, 4.69) is 10.6 Å². The summed E-state index contributed by atoms with van der Waals surface area (Å²) in [5, 5.41) is 24.1. The molecule has 6 N–H and O–H groups in total. The van der Waals surface area contributed by atoms with Crippen molar-refractivity contribution in [3.63, 3.8) is 0 Å². The second-order valence-electron chi connectivity index (χ2n) is 6.73. The standard InChI is InChI=1S/C19H29N3O5/c1-4-11(2)15(20)17(24)22-16(12(3)23)18(25)21-14(19(26)27)10-13-8-6-5-7-9-13/h5-9,11-12,14-16,23H,4,10,20H2,1-3H3,(H,21,25)(H,22,24)(H,26,27). The van der Waals surface area contributed by atoms with Gasteiger partial charge < -0.3 is 26.6 Å². The number of hydrogen-bond acceptors (Lipinski definition) is 5. The lowest BCUT2D eigenvalue weighted by molar-refractivity contribution is -0.143. The molecular weight excluding hydrogens is 350 g/mol. The predicted molar refractivity (Wildman–Crippen MR) is 101 cm³/mol. The summed E-state index contributed by atoms with van der Waals surface area (Å²) in [4.78, 5) is 36.2. The van der Waals surface area contributed by atoms with Gasteiger partial charge in [0, 0.05) is 6.42 Å². The summed E-state index contributed by atoms with van der Waals surface area (Å²) >= 11 is 0. The second kappa shape index (κ2) is 10.6. The van der Waals surface area contributed by atoms with Gasteiger partial charge in [0.05, 0.1) is 12.1 Å². The van der Waals surface area contributed by atoms with Gasteiger partial charge in [-0.3, -0.25) is 9.59 Å². The van der Waals surface area contributed by atoms with Gasteiger partial charge in [-0.05, 0) is 18.4 Å². The van der Waals surface area contributed by atoms with Crippen molar-refractivity contribution in [1.29, 1.82) is 0 Å². The average Bonchev–Trinajstić information content (AvgIpc) is 2.64. The molecule has 0 aliphatic carbocycles. The summed E-state index contributed by atoms with van der Waals surface area (Å²) in [6, 6.07) is 5.52. The summed E-state index contributed by atoms with van der Waals surface area (Å²) in [5.41, 5.74) is 6.59. The number of carboxylic acid groups (broad SMARTS) is 1. The topological polar surface area (TPSA) is 142 Å². The normalized spacial score (nSPS) is 16.5. The fourth-order valence-electron chi connectivity index (χ4n) is 2.48. The van der Waals surface area contributed by atoms with E-state index < -0.39 is 42.0 Å². The van der Waals surface area contributed by atoms with Gasteiger partial charge in [-0.1, -0.05) is 50.6 Å². The highest BCUT2D eigenvalue weighted by molar-refractivity contribution is 5.92. The molecule has 0 spiro atoms. The van der Waals surface area contributed by atoms with E-state index >= 15 is 0 Å². The number of rotatable bonds is 10. The van der Waals surface area contributed by atoms with Crippen LogP contribution in [0.5, 0.6) is 0 Å². The molecule has 0 saturated heterocycles. The lowest BCUT2D eigenvalue weighted by Gasteiger charge is -2.26. The van der Waals surface area contributed by atoms with Crippen LogP contribution in [0.15, 0.2) is 30.3 Å². The Bertz CT molecular complexity index is 635. The Morgan fingerprint density at radius 2 is 1.67 bits per heavy atom. The zero-order valence-electron chi connectivity index (χ0n) is 15.9. The maximum atomic E-state index is 12.5. The Hall–Kier alpha value is -2.45. The third-order valence-corrected chi connectivity index (χ3v) is 4.52.